The Kier molecular flexibility index (Phi) is 3.94. The normalized spacial score (nSPS) is 10.3. The van der Waals surface area contributed by atoms with Crippen molar-refractivity contribution < 1.29 is 18.1 Å². The van der Waals surface area contributed by atoms with Gasteiger partial charge in [0.15, 0.2) is 5.82 Å². The van der Waals surface area contributed by atoms with Crippen molar-refractivity contribution in [1.29, 1.82) is 0 Å². The SMILES string of the molecule is Cc1c(OCc2ccccc2)ccc(N(F)F)c1F. The van der Waals surface area contributed by atoms with Crippen LogP contribution in [-0.2, 0) is 6.61 Å². The summed E-state index contributed by atoms with van der Waals surface area (Å²) in [6.45, 7) is 1.66. The van der Waals surface area contributed by atoms with Gasteiger partial charge >= 0.3 is 0 Å². The highest BCUT2D eigenvalue weighted by Crippen LogP contribution is 2.30. The highest BCUT2D eigenvalue weighted by Gasteiger charge is 2.16. The number of rotatable bonds is 4. The van der Waals surface area contributed by atoms with E-state index in [0.29, 0.717) is 0 Å². The van der Waals surface area contributed by atoms with Crippen LogP contribution in [0.2, 0.25) is 0 Å². The lowest BCUT2D eigenvalue weighted by Crippen LogP contribution is -2.03. The van der Waals surface area contributed by atoms with E-state index in [1.165, 1.54) is 13.0 Å². The molecule has 0 N–H and O–H groups in total. The van der Waals surface area contributed by atoms with Gasteiger partial charge in [-0.2, -0.15) is 0 Å². The molecule has 0 aliphatic heterocycles. The molecule has 0 saturated carbocycles. The third-order valence-corrected chi connectivity index (χ3v) is 2.74. The molecule has 2 aromatic rings. The number of hydrogen-bond donors (Lipinski definition) is 0. The number of nitrogens with zero attached hydrogens (tertiary/aromatic N) is 1. The maximum absolute atomic E-state index is 13.6. The molecule has 19 heavy (non-hydrogen) atoms. The number of halogens is 3. The van der Waals surface area contributed by atoms with E-state index < -0.39 is 16.8 Å². The smallest absolute Gasteiger partial charge is 0.158 e. The Balaban J connectivity index is 2.16. The molecule has 2 rings (SSSR count). The van der Waals surface area contributed by atoms with Gasteiger partial charge in [0.25, 0.3) is 0 Å². The summed E-state index contributed by atoms with van der Waals surface area (Å²) < 4.78 is 43.8. The van der Waals surface area contributed by atoms with Crippen LogP contribution in [0.3, 0.4) is 0 Å². The molecule has 2 aromatic carbocycles. The monoisotopic (exact) mass is 267 g/mol. The van der Waals surface area contributed by atoms with E-state index >= 15 is 0 Å². The lowest BCUT2D eigenvalue weighted by Gasteiger charge is -2.12. The van der Waals surface area contributed by atoms with Gasteiger partial charge in [-0.05, 0) is 30.0 Å². The lowest BCUT2D eigenvalue weighted by atomic mass is 10.2. The molecule has 0 aromatic heterocycles. The first-order valence-electron chi connectivity index (χ1n) is 5.67. The summed E-state index contributed by atoms with van der Waals surface area (Å²) in [5.74, 6) is -0.720. The zero-order valence-electron chi connectivity index (χ0n) is 10.2. The van der Waals surface area contributed by atoms with Crippen molar-refractivity contribution in [3.63, 3.8) is 0 Å². The fourth-order valence-corrected chi connectivity index (χ4v) is 1.68. The van der Waals surface area contributed by atoms with Crippen LogP contribution >= 0.6 is 0 Å². The average Bonchev–Trinajstić information content (AvgIpc) is 2.41. The Labute approximate surface area is 108 Å². The summed E-state index contributed by atoms with van der Waals surface area (Å²) in [7, 11) is 0. The molecular formula is C14H12F3NO. The zero-order chi connectivity index (χ0) is 13.8. The summed E-state index contributed by atoms with van der Waals surface area (Å²) in [4.78, 5) is 0. The molecule has 0 unspecified atom stereocenters. The van der Waals surface area contributed by atoms with Crippen molar-refractivity contribution >= 4 is 5.69 Å². The number of anilines is 1. The third kappa shape index (κ3) is 2.99. The Morgan fingerprint density at radius 1 is 1.05 bits per heavy atom. The molecule has 0 saturated heterocycles. The predicted molar refractivity (Wildman–Crippen MR) is 66.6 cm³/mol. The average molecular weight is 267 g/mol. The second-order valence-electron chi connectivity index (χ2n) is 4.03. The van der Waals surface area contributed by atoms with Gasteiger partial charge in [-0.3, -0.25) is 0 Å². The Morgan fingerprint density at radius 3 is 2.37 bits per heavy atom. The maximum atomic E-state index is 13.6. The van der Waals surface area contributed by atoms with Crippen molar-refractivity contribution in [3.8, 4) is 5.75 Å². The first-order chi connectivity index (χ1) is 9.09. The van der Waals surface area contributed by atoms with Gasteiger partial charge in [0.2, 0.25) is 0 Å². The largest absolute Gasteiger partial charge is 0.489 e. The zero-order valence-corrected chi connectivity index (χ0v) is 10.2. The van der Waals surface area contributed by atoms with Crippen LogP contribution in [0.4, 0.5) is 19.0 Å². The molecule has 0 aliphatic carbocycles. The van der Waals surface area contributed by atoms with E-state index in [-0.39, 0.29) is 17.9 Å². The summed E-state index contributed by atoms with van der Waals surface area (Å²) in [6.07, 6.45) is 0. The number of benzene rings is 2. The third-order valence-electron chi connectivity index (χ3n) is 2.74. The molecule has 2 nitrogen and oxygen atoms in total. The van der Waals surface area contributed by atoms with Crippen LogP contribution in [0, 0.1) is 12.7 Å². The van der Waals surface area contributed by atoms with Gasteiger partial charge in [0, 0.05) is 5.56 Å². The minimum absolute atomic E-state index is 0.0636. The van der Waals surface area contributed by atoms with E-state index in [4.69, 9.17) is 4.74 Å². The number of ether oxygens (including phenoxy) is 1. The molecule has 5 heteroatoms. The topological polar surface area (TPSA) is 12.5 Å². The van der Waals surface area contributed by atoms with Gasteiger partial charge in [0.1, 0.15) is 18.0 Å². The second kappa shape index (κ2) is 5.65. The van der Waals surface area contributed by atoms with Crippen molar-refractivity contribution in [2.45, 2.75) is 13.5 Å². The molecule has 0 fully saturated rings. The summed E-state index contributed by atoms with van der Waals surface area (Å²) in [6, 6.07) is 11.7. The molecule has 0 bridgehead atoms. The molecule has 0 heterocycles. The Morgan fingerprint density at radius 2 is 1.74 bits per heavy atom. The van der Waals surface area contributed by atoms with Gasteiger partial charge in [-0.25, -0.2) is 4.39 Å². The van der Waals surface area contributed by atoms with Crippen LogP contribution in [0.5, 0.6) is 5.75 Å². The summed E-state index contributed by atoms with van der Waals surface area (Å²) >= 11 is 0. The van der Waals surface area contributed by atoms with E-state index in [0.717, 1.165) is 11.6 Å². The van der Waals surface area contributed by atoms with Crippen molar-refractivity contribution in [2.75, 3.05) is 5.34 Å². The lowest BCUT2D eigenvalue weighted by molar-refractivity contribution is 0.230. The molecular weight excluding hydrogens is 255 g/mol. The van der Waals surface area contributed by atoms with E-state index in [1.54, 1.807) is 0 Å². The van der Waals surface area contributed by atoms with Gasteiger partial charge < -0.3 is 4.74 Å². The second-order valence-corrected chi connectivity index (χ2v) is 4.03. The van der Waals surface area contributed by atoms with Gasteiger partial charge in [-0.15, -0.1) is 0 Å². The molecule has 0 amide bonds. The van der Waals surface area contributed by atoms with Gasteiger partial charge in [0.05, 0.1) is 0 Å². The van der Waals surface area contributed by atoms with Crippen LogP contribution in [0.15, 0.2) is 42.5 Å². The first kappa shape index (κ1) is 13.3. The Hall–Kier alpha value is -2.17. The minimum atomic E-state index is -1.25. The Bertz CT molecular complexity index is 558. The fourth-order valence-electron chi connectivity index (χ4n) is 1.68. The summed E-state index contributed by atoms with van der Waals surface area (Å²) in [5, 5.41) is -1.25. The molecule has 0 aliphatic rings. The van der Waals surface area contributed by atoms with Crippen molar-refractivity contribution in [3.05, 3.63) is 59.4 Å². The number of hydrogen-bond acceptors (Lipinski definition) is 2. The summed E-state index contributed by atoms with van der Waals surface area (Å²) in [5.41, 5.74) is 0.224. The molecule has 0 radical (unpaired) electrons. The van der Waals surface area contributed by atoms with Crippen LogP contribution < -0.4 is 10.1 Å². The maximum Gasteiger partial charge on any atom is 0.158 e. The quantitative estimate of drug-likeness (QED) is 0.766. The molecule has 100 valence electrons. The van der Waals surface area contributed by atoms with Crippen LogP contribution in [-0.4, -0.2) is 0 Å². The minimum Gasteiger partial charge on any atom is -0.489 e. The predicted octanol–water partition coefficient (Wildman–Crippen LogP) is 4.29. The van der Waals surface area contributed by atoms with Crippen molar-refractivity contribution in [2.24, 2.45) is 0 Å². The fraction of sp³-hybridized carbons (Fsp3) is 0.143. The standard InChI is InChI=1S/C14H12F3NO/c1-10-13(8-7-12(14(10)15)18(16)17)19-9-11-5-3-2-4-6-11/h2-8H,9H2,1H3. The molecule has 0 atom stereocenters. The van der Waals surface area contributed by atoms with E-state index in [1.807, 2.05) is 30.3 Å². The van der Waals surface area contributed by atoms with Crippen LogP contribution in [0.25, 0.3) is 0 Å². The van der Waals surface area contributed by atoms with E-state index in [9.17, 15) is 13.4 Å². The van der Waals surface area contributed by atoms with E-state index in [2.05, 4.69) is 0 Å². The highest BCUT2D eigenvalue weighted by atomic mass is 19.4. The highest BCUT2D eigenvalue weighted by molar-refractivity contribution is 5.51. The van der Waals surface area contributed by atoms with Gasteiger partial charge in [-0.1, -0.05) is 39.3 Å². The first-order valence-corrected chi connectivity index (χ1v) is 5.67. The van der Waals surface area contributed by atoms with Crippen molar-refractivity contribution in [1.82, 2.24) is 0 Å². The van der Waals surface area contributed by atoms with Crippen LogP contribution in [0.1, 0.15) is 11.1 Å². The molecule has 0 spiro atoms.